The maximum absolute atomic E-state index is 4.82. The molecular weight excluding hydrogens is 160 g/mol. The zero-order valence-corrected chi connectivity index (χ0v) is 9.01. The summed E-state index contributed by atoms with van der Waals surface area (Å²) in [6.45, 7) is 9.18. The van der Waals surface area contributed by atoms with Gasteiger partial charge in [0.25, 0.3) is 0 Å². The minimum Gasteiger partial charge on any atom is -0.276 e. The van der Waals surface area contributed by atoms with E-state index in [1.807, 2.05) is 0 Å². The Hall–Kier alpha value is -0.370. The number of nitrogens with zero attached hydrogens (tertiary/aromatic N) is 2. The highest BCUT2D eigenvalue weighted by Crippen LogP contribution is 2.28. The van der Waals surface area contributed by atoms with Crippen LogP contribution >= 0.6 is 0 Å². The average Bonchev–Trinajstić information content (AvgIpc) is 2.45. The molecule has 2 rings (SSSR count). The van der Waals surface area contributed by atoms with Gasteiger partial charge in [-0.05, 0) is 19.3 Å². The second kappa shape index (κ2) is 3.09. The van der Waals surface area contributed by atoms with Crippen LogP contribution in [0, 0.1) is 5.41 Å². The molecule has 0 bridgehead atoms. The fraction of sp³-hybridized carbons (Fsp3) is 0.909. The Morgan fingerprint density at radius 2 is 2.08 bits per heavy atom. The summed E-state index contributed by atoms with van der Waals surface area (Å²) < 4.78 is 0. The average molecular weight is 180 g/mol. The second-order valence-corrected chi connectivity index (χ2v) is 5.27. The highest BCUT2D eigenvalue weighted by Gasteiger charge is 2.33. The fourth-order valence-corrected chi connectivity index (χ4v) is 2.15. The van der Waals surface area contributed by atoms with E-state index in [9.17, 15) is 0 Å². The first kappa shape index (κ1) is 9.20. The molecule has 1 saturated heterocycles. The van der Waals surface area contributed by atoms with Crippen LogP contribution in [0.5, 0.6) is 0 Å². The molecule has 0 radical (unpaired) electrons. The van der Waals surface area contributed by atoms with Gasteiger partial charge < -0.3 is 0 Å². The molecule has 13 heavy (non-hydrogen) atoms. The van der Waals surface area contributed by atoms with E-state index in [0.717, 1.165) is 6.54 Å². The van der Waals surface area contributed by atoms with Gasteiger partial charge in [-0.3, -0.25) is 9.89 Å². The number of piperidine rings is 1. The third-order valence-electron chi connectivity index (χ3n) is 3.10. The van der Waals surface area contributed by atoms with Crippen molar-refractivity contribution in [2.24, 2.45) is 10.4 Å². The van der Waals surface area contributed by atoms with E-state index in [4.69, 9.17) is 4.99 Å². The van der Waals surface area contributed by atoms with Crippen LogP contribution in [0.2, 0.25) is 0 Å². The highest BCUT2D eigenvalue weighted by molar-refractivity contribution is 5.92. The van der Waals surface area contributed by atoms with Crippen molar-refractivity contribution in [3.63, 3.8) is 0 Å². The van der Waals surface area contributed by atoms with Crippen LogP contribution in [0.25, 0.3) is 0 Å². The summed E-state index contributed by atoms with van der Waals surface area (Å²) in [6, 6.07) is 0. The van der Waals surface area contributed by atoms with Crippen LogP contribution in [0.3, 0.4) is 0 Å². The van der Waals surface area contributed by atoms with Gasteiger partial charge in [0.15, 0.2) is 0 Å². The zero-order chi connectivity index (χ0) is 9.47. The first-order valence-corrected chi connectivity index (χ1v) is 5.38. The lowest BCUT2D eigenvalue weighted by atomic mass is 9.90. The lowest BCUT2D eigenvalue weighted by Gasteiger charge is -2.27. The maximum Gasteiger partial charge on any atom is 0.102 e. The molecule has 2 heterocycles. The number of fused-ring (bicyclic) bond motifs is 1. The van der Waals surface area contributed by atoms with Crippen LogP contribution in [0.15, 0.2) is 4.99 Å². The predicted octanol–water partition coefficient (Wildman–Crippen LogP) is 2.30. The molecular formula is C11H20N2. The molecule has 0 aromatic carbocycles. The van der Waals surface area contributed by atoms with E-state index in [2.05, 4.69) is 25.7 Å². The Labute approximate surface area is 81.0 Å². The van der Waals surface area contributed by atoms with Gasteiger partial charge in [-0.2, -0.15) is 0 Å². The standard InChI is InChI=1S/C11H20N2/c1-11(2,3)9-8-13-7-5-4-6-10(13)12-9/h10H,4-8H2,1-3H3. The number of hydrogen-bond donors (Lipinski definition) is 0. The Kier molecular flexibility index (Phi) is 2.18. The van der Waals surface area contributed by atoms with E-state index in [-0.39, 0.29) is 5.41 Å². The van der Waals surface area contributed by atoms with Crippen molar-refractivity contribution >= 4 is 5.71 Å². The lowest BCUT2D eigenvalue weighted by molar-refractivity contribution is 0.194. The van der Waals surface area contributed by atoms with E-state index in [1.54, 1.807) is 0 Å². The third kappa shape index (κ3) is 1.78. The SMILES string of the molecule is CC(C)(C)C1=NC2CCCCN2C1. The summed E-state index contributed by atoms with van der Waals surface area (Å²) >= 11 is 0. The Morgan fingerprint density at radius 3 is 2.69 bits per heavy atom. The third-order valence-corrected chi connectivity index (χ3v) is 3.10. The molecule has 2 nitrogen and oxygen atoms in total. The van der Waals surface area contributed by atoms with Crippen LogP contribution in [-0.4, -0.2) is 29.9 Å². The van der Waals surface area contributed by atoms with Gasteiger partial charge in [-0.1, -0.05) is 20.8 Å². The summed E-state index contributed by atoms with van der Waals surface area (Å²) in [4.78, 5) is 7.36. The smallest absolute Gasteiger partial charge is 0.102 e. The van der Waals surface area contributed by atoms with Gasteiger partial charge in [0.1, 0.15) is 6.17 Å². The summed E-state index contributed by atoms with van der Waals surface area (Å²) in [6.07, 6.45) is 4.54. The monoisotopic (exact) mass is 180 g/mol. The lowest BCUT2D eigenvalue weighted by Crippen LogP contribution is -2.36. The molecule has 0 aliphatic carbocycles. The molecule has 2 aliphatic heterocycles. The molecule has 0 amide bonds. The molecule has 1 fully saturated rings. The zero-order valence-electron chi connectivity index (χ0n) is 9.01. The van der Waals surface area contributed by atoms with E-state index in [0.29, 0.717) is 6.17 Å². The van der Waals surface area contributed by atoms with Crippen LogP contribution < -0.4 is 0 Å². The van der Waals surface area contributed by atoms with Gasteiger partial charge in [0, 0.05) is 24.2 Å². The Balaban J connectivity index is 2.09. The summed E-state index contributed by atoms with van der Waals surface area (Å²) in [5, 5.41) is 0. The quantitative estimate of drug-likeness (QED) is 0.558. The van der Waals surface area contributed by atoms with Crippen molar-refractivity contribution in [2.45, 2.75) is 46.2 Å². The van der Waals surface area contributed by atoms with Gasteiger partial charge >= 0.3 is 0 Å². The van der Waals surface area contributed by atoms with Crippen molar-refractivity contribution < 1.29 is 0 Å². The van der Waals surface area contributed by atoms with Gasteiger partial charge in [-0.25, -0.2) is 0 Å². The van der Waals surface area contributed by atoms with Crippen molar-refractivity contribution in [1.29, 1.82) is 0 Å². The molecule has 0 aromatic rings. The van der Waals surface area contributed by atoms with Gasteiger partial charge in [-0.15, -0.1) is 0 Å². The molecule has 0 N–H and O–H groups in total. The molecule has 0 aromatic heterocycles. The molecule has 2 aliphatic rings. The maximum atomic E-state index is 4.82. The summed E-state index contributed by atoms with van der Waals surface area (Å²) in [7, 11) is 0. The topological polar surface area (TPSA) is 15.6 Å². The van der Waals surface area contributed by atoms with E-state index >= 15 is 0 Å². The number of aliphatic imine (C=N–C) groups is 1. The van der Waals surface area contributed by atoms with Gasteiger partial charge in [0.05, 0.1) is 0 Å². The number of hydrogen-bond acceptors (Lipinski definition) is 2. The summed E-state index contributed by atoms with van der Waals surface area (Å²) in [5.41, 5.74) is 1.68. The van der Waals surface area contributed by atoms with Crippen molar-refractivity contribution in [3.05, 3.63) is 0 Å². The number of rotatable bonds is 0. The van der Waals surface area contributed by atoms with Crippen molar-refractivity contribution in [3.8, 4) is 0 Å². The summed E-state index contributed by atoms with van der Waals surface area (Å²) in [5.74, 6) is 0. The molecule has 2 heteroatoms. The minimum absolute atomic E-state index is 0.275. The van der Waals surface area contributed by atoms with E-state index < -0.39 is 0 Å². The molecule has 0 saturated carbocycles. The predicted molar refractivity (Wildman–Crippen MR) is 56.1 cm³/mol. The molecule has 1 unspecified atom stereocenters. The highest BCUT2D eigenvalue weighted by atomic mass is 15.3. The Bertz CT molecular complexity index is 225. The first-order chi connectivity index (χ1) is 6.07. The molecule has 0 spiro atoms. The molecule has 1 atom stereocenters. The largest absolute Gasteiger partial charge is 0.276 e. The van der Waals surface area contributed by atoms with Gasteiger partial charge in [0.2, 0.25) is 0 Å². The van der Waals surface area contributed by atoms with E-state index in [1.165, 1.54) is 31.5 Å². The fourth-order valence-electron chi connectivity index (χ4n) is 2.15. The Morgan fingerprint density at radius 1 is 1.31 bits per heavy atom. The van der Waals surface area contributed by atoms with Crippen LogP contribution in [0.1, 0.15) is 40.0 Å². The van der Waals surface area contributed by atoms with Crippen LogP contribution in [-0.2, 0) is 0 Å². The van der Waals surface area contributed by atoms with Crippen LogP contribution in [0.4, 0.5) is 0 Å². The normalized spacial score (nSPS) is 30.1. The minimum atomic E-state index is 0.275. The van der Waals surface area contributed by atoms with Crippen molar-refractivity contribution in [2.75, 3.05) is 13.1 Å². The van der Waals surface area contributed by atoms with Crippen molar-refractivity contribution in [1.82, 2.24) is 4.90 Å². The second-order valence-electron chi connectivity index (χ2n) is 5.27. The first-order valence-electron chi connectivity index (χ1n) is 5.38. The molecule has 74 valence electrons.